The summed E-state index contributed by atoms with van der Waals surface area (Å²) in [6.45, 7) is 16.3. The molecule has 19 atom stereocenters. The van der Waals surface area contributed by atoms with Crippen molar-refractivity contribution in [1.29, 1.82) is 0 Å². The first-order chi connectivity index (χ1) is 21.6. The molecule has 0 spiro atoms. The maximum Gasteiger partial charge on any atom is 0.288 e. The number of nitrogens with zero attached hydrogens (tertiary/aromatic N) is 2. The minimum Gasteiger partial charge on any atom is -0.461 e. The molecule has 0 radical (unpaired) electrons. The van der Waals surface area contributed by atoms with Gasteiger partial charge in [-0.3, -0.25) is 0 Å². The molecule has 4 heteroatoms. The van der Waals surface area contributed by atoms with Crippen LogP contribution in [0, 0.1) is 81.8 Å². The highest BCUT2D eigenvalue weighted by atomic mass is 16.5. The van der Waals surface area contributed by atoms with Gasteiger partial charge in [-0.2, -0.15) is 0 Å². The Kier molecular flexibility index (Phi) is 5.71. The van der Waals surface area contributed by atoms with Crippen molar-refractivity contribution in [3.63, 3.8) is 0 Å². The van der Waals surface area contributed by atoms with E-state index in [9.17, 15) is 0 Å². The van der Waals surface area contributed by atoms with Gasteiger partial charge in [-0.25, -0.2) is 4.99 Å². The van der Waals surface area contributed by atoms with Crippen LogP contribution in [0.25, 0.3) is 0 Å². The molecule has 3 nitrogen and oxygen atoms in total. The Balaban J connectivity index is 1.07. The zero-order valence-corrected chi connectivity index (χ0v) is 29.5. The van der Waals surface area contributed by atoms with E-state index in [1.807, 2.05) is 0 Å². The van der Waals surface area contributed by atoms with Crippen LogP contribution in [0.5, 0.6) is 0 Å². The van der Waals surface area contributed by atoms with Gasteiger partial charge in [0, 0.05) is 12.0 Å². The third-order valence-corrected chi connectivity index (χ3v) is 18.7. The Morgan fingerprint density at radius 1 is 0.622 bits per heavy atom. The van der Waals surface area contributed by atoms with Crippen molar-refractivity contribution in [2.75, 3.05) is 0 Å². The number of hydrogen-bond donors (Lipinski definition) is 0. The van der Waals surface area contributed by atoms with Crippen LogP contribution >= 0.6 is 0 Å². The molecule has 0 amide bonds. The standard InChI is InChI=1S/C41H63BN2O/c1-40(2,3)23-15-21-12-13-26-32-27-14-11-20-9-7-8-10-25(20)35(27)42-28-18-24(41(4,5)6)19-29-37(28)44-38(36(32)42)34-30(45-39(44)43-29)17-22(16-23)31(21)33(26)34/h20-38H,7-19H2,1-6H3. The van der Waals surface area contributed by atoms with Crippen LogP contribution in [0.4, 0.5) is 0 Å². The van der Waals surface area contributed by atoms with Crippen molar-refractivity contribution in [3.8, 4) is 0 Å². The largest absolute Gasteiger partial charge is 0.461 e. The highest BCUT2D eigenvalue weighted by molar-refractivity contribution is 6.66. The second-order valence-electron chi connectivity index (χ2n) is 21.7. The third-order valence-electron chi connectivity index (χ3n) is 18.7. The molecule has 0 aromatic heterocycles. The Bertz CT molecular complexity index is 1280. The normalized spacial score (nSPS) is 58.2. The fourth-order valence-electron chi connectivity index (χ4n) is 17.5. The van der Waals surface area contributed by atoms with Crippen molar-refractivity contribution in [2.24, 2.45) is 86.8 Å². The molecular weight excluding hydrogens is 547 g/mol. The predicted octanol–water partition coefficient (Wildman–Crippen LogP) is 9.45. The molecule has 4 heterocycles. The van der Waals surface area contributed by atoms with Crippen LogP contribution in [0.2, 0.25) is 17.5 Å². The molecule has 7 saturated carbocycles. The first-order valence-corrected chi connectivity index (χ1v) is 20.6. The monoisotopic (exact) mass is 611 g/mol. The summed E-state index contributed by atoms with van der Waals surface area (Å²) in [5.41, 5.74) is 0.824. The van der Waals surface area contributed by atoms with Gasteiger partial charge in [-0.05, 0) is 133 Å². The van der Waals surface area contributed by atoms with E-state index in [1.165, 1.54) is 51.0 Å². The van der Waals surface area contributed by atoms with Crippen molar-refractivity contribution >= 4 is 12.7 Å². The molecule has 0 aromatic rings. The van der Waals surface area contributed by atoms with E-state index in [2.05, 4.69) is 46.4 Å². The number of amidine groups is 1. The maximum atomic E-state index is 7.38. The van der Waals surface area contributed by atoms with Crippen LogP contribution in [0.3, 0.4) is 0 Å². The van der Waals surface area contributed by atoms with Crippen LogP contribution < -0.4 is 0 Å². The van der Waals surface area contributed by atoms with Gasteiger partial charge in [0.15, 0.2) is 6.71 Å². The SMILES string of the molecule is CC(C)(C)C1CC2CCC3C4C5CCC6CCCCC6C5B5C6CC(C(C)(C)C)CC7N=C8OC9CC(C1)C2C3C9C(C54)N8C76. The molecule has 11 rings (SSSR count). The van der Waals surface area contributed by atoms with Crippen molar-refractivity contribution in [2.45, 2.75) is 167 Å². The fraction of sp³-hybridized carbons (Fsp3) is 0.976. The van der Waals surface area contributed by atoms with Gasteiger partial charge in [0.25, 0.3) is 6.02 Å². The molecule has 10 fully saturated rings. The topological polar surface area (TPSA) is 24.8 Å². The van der Waals surface area contributed by atoms with Crippen LogP contribution in [0.15, 0.2) is 4.99 Å². The quantitative estimate of drug-likeness (QED) is 0.255. The summed E-state index contributed by atoms with van der Waals surface area (Å²) in [7, 11) is 0. The first-order valence-electron chi connectivity index (χ1n) is 20.6. The first kappa shape index (κ1) is 28.2. The number of ether oxygens (including phenoxy) is 1. The lowest BCUT2D eigenvalue weighted by Gasteiger charge is -2.70. The number of rotatable bonds is 0. The fourth-order valence-corrected chi connectivity index (χ4v) is 17.5. The minimum absolute atomic E-state index is 0.382. The third kappa shape index (κ3) is 3.55. The lowest BCUT2D eigenvalue weighted by molar-refractivity contribution is -0.198. The zero-order valence-electron chi connectivity index (χ0n) is 29.5. The van der Waals surface area contributed by atoms with E-state index < -0.39 is 0 Å². The van der Waals surface area contributed by atoms with Crippen LogP contribution in [-0.4, -0.2) is 41.9 Å². The predicted molar refractivity (Wildman–Crippen MR) is 183 cm³/mol. The van der Waals surface area contributed by atoms with Gasteiger partial charge in [0.1, 0.15) is 6.10 Å². The number of aliphatic imine (C=N–C) groups is 1. The molecule has 19 unspecified atom stereocenters. The lowest BCUT2D eigenvalue weighted by atomic mass is 9.21. The highest BCUT2D eigenvalue weighted by Gasteiger charge is 2.77. The molecule has 11 aliphatic rings. The molecule has 0 N–H and O–H groups in total. The van der Waals surface area contributed by atoms with Crippen LogP contribution in [0.1, 0.15) is 125 Å². The van der Waals surface area contributed by atoms with Gasteiger partial charge in [-0.15, -0.1) is 0 Å². The van der Waals surface area contributed by atoms with E-state index >= 15 is 0 Å². The Hall–Kier alpha value is -0.665. The smallest absolute Gasteiger partial charge is 0.288 e. The van der Waals surface area contributed by atoms with E-state index in [-0.39, 0.29) is 0 Å². The van der Waals surface area contributed by atoms with Gasteiger partial charge in [0.2, 0.25) is 0 Å². The molecule has 0 bridgehead atoms. The molecule has 4 aliphatic heterocycles. The summed E-state index contributed by atoms with van der Waals surface area (Å²) >= 11 is 0. The Labute approximate surface area is 275 Å². The van der Waals surface area contributed by atoms with Gasteiger partial charge < -0.3 is 9.64 Å². The second kappa shape index (κ2) is 9.11. The maximum absolute atomic E-state index is 7.38. The van der Waals surface area contributed by atoms with Crippen molar-refractivity contribution < 1.29 is 4.74 Å². The molecule has 3 saturated heterocycles. The minimum atomic E-state index is 0.382. The molecular formula is C41H63BN2O. The van der Waals surface area contributed by atoms with E-state index in [1.54, 1.807) is 38.5 Å². The molecule has 7 aliphatic carbocycles. The van der Waals surface area contributed by atoms with Gasteiger partial charge in [-0.1, -0.05) is 85.9 Å². The van der Waals surface area contributed by atoms with E-state index in [0.29, 0.717) is 29.0 Å². The summed E-state index contributed by atoms with van der Waals surface area (Å²) in [5, 5.41) is 0. The summed E-state index contributed by atoms with van der Waals surface area (Å²) in [6, 6.07) is 3.10. The molecule has 0 aromatic carbocycles. The highest BCUT2D eigenvalue weighted by Crippen LogP contribution is 2.77. The summed E-state index contributed by atoms with van der Waals surface area (Å²) in [6.07, 6.45) is 20.1. The molecule has 246 valence electrons. The lowest BCUT2D eigenvalue weighted by Crippen LogP contribution is -2.74. The van der Waals surface area contributed by atoms with Gasteiger partial charge in [0.05, 0.1) is 12.1 Å². The van der Waals surface area contributed by atoms with Gasteiger partial charge >= 0.3 is 0 Å². The van der Waals surface area contributed by atoms with Crippen LogP contribution in [-0.2, 0) is 4.74 Å². The zero-order chi connectivity index (χ0) is 30.3. The number of fused-ring (bicyclic) bond motifs is 7. The van der Waals surface area contributed by atoms with Crippen molar-refractivity contribution in [1.82, 2.24) is 4.90 Å². The number of hydrogen-bond acceptors (Lipinski definition) is 3. The summed E-state index contributed by atoms with van der Waals surface area (Å²) in [4.78, 5) is 8.73. The van der Waals surface area contributed by atoms with E-state index in [4.69, 9.17) is 9.73 Å². The summed E-state index contributed by atoms with van der Waals surface area (Å²) < 4.78 is 7.38. The Morgan fingerprint density at radius 3 is 2.18 bits per heavy atom. The van der Waals surface area contributed by atoms with Crippen molar-refractivity contribution in [3.05, 3.63) is 0 Å². The average molecular weight is 611 g/mol. The van der Waals surface area contributed by atoms with E-state index in [0.717, 1.165) is 101 Å². The Morgan fingerprint density at radius 2 is 1.36 bits per heavy atom. The summed E-state index contributed by atoms with van der Waals surface area (Å²) in [5.74, 6) is 14.4. The second-order valence-corrected chi connectivity index (χ2v) is 21.7. The molecule has 45 heavy (non-hydrogen) atoms. The average Bonchev–Trinajstić information content (AvgIpc) is 3.56.